The average Bonchev–Trinajstić information content (AvgIpc) is 3.14. The van der Waals surface area contributed by atoms with Crippen LogP contribution in [0.15, 0.2) is 59.8 Å². The van der Waals surface area contributed by atoms with Gasteiger partial charge in [0, 0.05) is 22.7 Å². The molecular formula is C21H21N3O4. The van der Waals surface area contributed by atoms with Gasteiger partial charge in [0.2, 0.25) is 0 Å². The molecule has 0 aliphatic rings. The van der Waals surface area contributed by atoms with Crippen LogP contribution < -0.4 is 10.2 Å². The molecule has 7 heteroatoms. The zero-order valence-electron chi connectivity index (χ0n) is 15.5. The Hall–Kier alpha value is -3.61. The second-order valence-electron chi connectivity index (χ2n) is 6.03. The van der Waals surface area contributed by atoms with Gasteiger partial charge in [-0.2, -0.15) is 5.10 Å². The predicted molar refractivity (Wildman–Crippen MR) is 107 cm³/mol. The minimum absolute atomic E-state index is 0.190. The highest BCUT2D eigenvalue weighted by molar-refractivity contribution is 5.99. The lowest BCUT2D eigenvalue weighted by Crippen LogP contribution is -2.24. The number of nitrogens with one attached hydrogen (secondary N) is 2. The summed E-state index contributed by atoms with van der Waals surface area (Å²) in [6.45, 7) is 2.13. The van der Waals surface area contributed by atoms with Gasteiger partial charge < -0.3 is 14.5 Å². The minimum atomic E-state index is -0.387. The number of para-hydroxylation sites is 1. The summed E-state index contributed by atoms with van der Waals surface area (Å²) < 4.78 is 10.5. The molecule has 0 unspecified atom stereocenters. The number of rotatable bonds is 8. The van der Waals surface area contributed by atoms with Crippen molar-refractivity contribution in [1.29, 1.82) is 0 Å². The third-order valence-electron chi connectivity index (χ3n) is 3.91. The normalized spacial score (nSPS) is 10.9. The van der Waals surface area contributed by atoms with Crippen molar-refractivity contribution in [3.05, 3.63) is 65.9 Å². The van der Waals surface area contributed by atoms with Gasteiger partial charge in [-0.3, -0.25) is 4.79 Å². The molecule has 0 spiro atoms. The number of hydrazone groups is 1. The van der Waals surface area contributed by atoms with Crippen molar-refractivity contribution in [2.45, 2.75) is 13.3 Å². The molecule has 3 aromatic rings. The molecule has 0 aliphatic heterocycles. The Balaban J connectivity index is 1.47. The average molecular weight is 379 g/mol. The fourth-order valence-electron chi connectivity index (χ4n) is 2.52. The number of amides is 1. The topological polar surface area (TPSA) is 92.8 Å². The van der Waals surface area contributed by atoms with E-state index in [4.69, 9.17) is 9.47 Å². The number of carbonyl (C=O) groups excluding carboxylic acids is 2. The predicted octanol–water partition coefficient (Wildman–Crippen LogP) is 3.26. The van der Waals surface area contributed by atoms with Crippen molar-refractivity contribution in [2.75, 3.05) is 13.2 Å². The first-order valence-electron chi connectivity index (χ1n) is 8.95. The summed E-state index contributed by atoms with van der Waals surface area (Å²) in [6, 6.07) is 14.2. The van der Waals surface area contributed by atoms with Crippen LogP contribution in [0.3, 0.4) is 0 Å². The first kappa shape index (κ1) is 19.2. The van der Waals surface area contributed by atoms with Crippen molar-refractivity contribution in [1.82, 2.24) is 10.4 Å². The molecule has 0 bridgehead atoms. The molecule has 1 heterocycles. The number of nitrogens with zero attached hydrogens (tertiary/aromatic N) is 1. The lowest BCUT2D eigenvalue weighted by molar-refractivity contribution is -0.123. The van der Waals surface area contributed by atoms with Crippen molar-refractivity contribution >= 4 is 29.0 Å². The SMILES string of the molecule is CCCOC(=O)c1ccc(OCC(=O)N/N=C/c2c[nH]c3ccccc23)cc1. The van der Waals surface area contributed by atoms with Gasteiger partial charge in [-0.05, 0) is 36.8 Å². The number of carbonyl (C=O) groups is 2. The summed E-state index contributed by atoms with van der Waals surface area (Å²) in [5.74, 6) is -0.289. The van der Waals surface area contributed by atoms with Crippen LogP contribution in [0.1, 0.15) is 29.3 Å². The van der Waals surface area contributed by atoms with Crippen LogP contribution in [0.4, 0.5) is 0 Å². The van der Waals surface area contributed by atoms with Crippen molar-refractivity contribution < 1.29 is 19.1 Å². The molecule has 2 N–H and O–H groups in total. The van der Waals surface area contributed by atoms with E-state index in [1.165, 1.54) is 0 Å². The molecule has 144 valence electrons. The van der Waals surface area contributed by atoms with Crippen LogP contribution in [0.25, 0.3) is 10.9 Å². The number of aromatic amines is 1. The Bertz CT molecular complexity index is 977. The third-order valence-corrected chi connectivity index (χ3v) is 3.91. The van der Waals surface area contributed by atoms with Crippen LogP contribution in [0.2, 0.25) is 0 Å². The van der Waals surface area contributed by atoms with E-state index in [-0.39, 0.29) is 18.5 Å². The van der Waals surface area contributed by atoms with Gasteiger partial charge >= 0.3 is 5.97 Å². The van der Waals surface area contributed by atoms with E-state index in [9.17, 15) is 9.59 Å². The Kier molecular flexibility index (Phi) is 6.41. The van der Waals surface area contributed by atoms with Crippen molar-refractivity contribution in [2.24, 2.45) is 5.10 Å². The third kappa shape index (κ3) is 4.97. The zero-order chi connectivity index (χ0) is 19.8. The second-order valence-corrected chi connectivity index (χ2v) is 6.03. The first-order valence-corrected chi connectivity index (χ1v) is 8.95. The van der Waals surface area contributed by atoms with E-state index in [0.29, 0.717) is 17.9 Å². The lowest BCUT2D eigenvalue weighted by atomic mass is 10.2. The number of hydrogen-bond donors (Lipinski definition) is 2. The number of benzene rings is 2. The van der Waals surface area contributed by atoms with Gasteiger partial charge in [-0.25, -0.2) is 10.2 Å². The quantitative estimate of drug-likeness (QED) is 0.357. The molecule has 0 fully saturated rings. The smallest absolute Gasteiger partial charge is 0.338 e. The highest BCUT2D eigenvalue weighted by Crippen LogP contribution is 2.15. The summed E-state index contributed by atoms with van der Waals surface area (Å²) in [7, 11) is 0. The van der Waals surface area contributed by atoms with Crippen molar-refractivity contribution in [3.8, 4) is 5.75 Å². The summed E-state index contributed by atoms with van der Waals surface area (Å²) in [6.07, 6.45) is 4.17. The van der Waals surface area contributed by atoms with E-state index >= 15 is 0 Å². The fourth-order valence-corrected chi connectivity index (χ4v) is 2.52. The van der Waals surface area contributed by atoms with Crippen LogP contribution in [-0.4, -0.2) is 36.3 Å². The molecular weight excluding hydrogens is 358 g/mol. The Morgan fingerprint density at radius 3 is 2.71 bits per heavy atom. The minimum Gasteiger partial charge on any atom is -0.484 e. The maximum absolute atomic E-state index is 11.9. The standard InChI is InChI=1S/C21H21N3O4/c1-2-11-27-21(26)15-7-9-17(10-8-15)28-14-20(25)24-23-13-16-12-22-19-6-4-3-5-18(16)19/h3-10,12-13,22H,2,11,14H2,1H3,(H,24,25)/b23-13+. The Morgan fingerprint density at radius 1 is 1.14 bits per heavy atom. The largest absolute Gasteiger partial charge is 0.484 e. The van der Waals surface area contributed by atoms with Crippen molar-refractivity contribution in [3.63, 3.8) is 0 Å². The van der Waals surface area contributed by atoms with Gasteiger partial charge in [0.25, 0.3) is 5.91 Å². The van der Waals surface area contributed by atoms with E-state index in [0.717, 1.165) is 22.9 Å². The highest BCUT2D eigenvalue weighted by atomic mass is 16.5. The molecule has 1 amide bonds. The summed E-state index contributed by atoms with van der Waals surface area (Å²) in [4.78, 5) is 26.7. The molecule has 2 aromatic carbocycles. The molecule has 1 aromatic heterocycles. The molecule has 28 heavy (non-hydrogen) atoms. The van der Waals surface area contributed by atoms with Gasteiger partial charge in [-0.1, -0.05) is 25.1 Å². The highest BCUT2D eigenvalue weighted by Gasteiger charge is 2.07. The maximum Gasteiger partial charge on any atom is 0.338 e. The van der Waals surface area contributed by atoms with E-state index in [2.05, 4.69) is 15.5 Å². The number of esters is 1. The molecule has 0 saturated heterocycles. The summed E-state index contributed by atoms with van der Waals surface area (Å²) in [5, 5.41) is 4.98. The molecule has 0 aliphatic carbocycles. The lowest BCUT2D eigenvalue weighted by Gasteiger charge is -2.06. The molecule has 0 radical (unpaired) electrons. The molecule has 7 nitrogen and oxygen atoms in total. The van der Waals surface area contributed by atoms with Gasteiger partial charge in [0.1, 0.15) is 5.75 Å². The van der Waals surface area contributed by atoms with Crippen LogP contribution in [-0.2, 0) is 9.53 Å². The van der Waals surface area contributed by atoms with E-state index in [1.807, 2.05) is 37.4 Å². The monoisotopic (exact) mass is 379 g/mol. The van der Waals surface area contributed by atoms with Crippen LogP contribution in [0, 0.1) is 0 Å². The number of ether oxygens (including phenoxy) is 2. The summed E-state index contributed by atoms with van der Waals surface area (Å²) in [5.41, 5.74) is 4.74. The van der Waals surface area contributed by atoms with Gasteiger partial charge in [-0.15, -0.1) is 0 Å². The van der Waals surface area contributed by atoms with Gasteiger partial charge in [0.05, 0.1) is 18.4 Å². The van der Waals surface area contributed by atoms with E-state index in [1.54, 1.807) is 30.5 Å². The summed E-state index contributed by atoms with van der Waals surface area (Å²) >= 11 is 0. The fraction of sp³-hybridized carbons (Fsp3) is 0.190. The maximum atomic E-state index is 11.9. The number of fused-ring (bicyclic) bond motifs is 1. The molecule has 0 atom stereocenters. The first-order chi connectivity index (χ1) is 13.7. The second kappa shape index (κ2) is 9.36. The molecule has 3 rings (SSSR count). The molecule has 0 saturated carbocycles. The number of H-pyrrole nitrogens is 1. The Morgan fingerprint density at radius 2 is 1.93 bits per heavy atom. The van der Waals surface area contributed by atoms with E-state index < -0.39 is 0 Å². The van der Waals surface area contributed by atoms with Crippen LogP contribution in [0.5, 0.6) is 5.75 Å². The Labute approximate surface area is 162 Å². The van der Waals surface area contributed by atoms with Gasteiger partial charge in [0.15, 0.2) is 6.61 Å². The number of aromatic nitrogens is 1. The number of hydrogen-bond acceptors (Lipinski definition) is 5. The zero-order valence-corrected chi connectivity index (χ0v) is 15.5. The van der Waals surface area contributed by atoms with Crippen LogP contribution >= 0.6 is 0 Å².